The number of para-hydroxylation sites is 1. The van der Waals surface area contributed by atoms with E-state index in [-0.39, 0.29) is 29.0 Å². The van der Waals surface area contributed by atoms with Crippen molar-refractivity contribution in [2.45, 2.75) is 31.8 Å². The van der Waals surface area contributed by atoms with Crippen molar-refractivity contribution in [3.63, 3.8) is 0 Å². The van der Waals surface area contributed by atoms with Crippen LogP contribution in [0.15, 0.2) is 71.9 Å². The number of carbonyl (C=O) groups is 1. The lowest BCUT2D eigenvalue weighted by Crippen LogP contribution is -2.17. The highest BCUT2D eigenvalue weighted by Gasteiger charge is 2.20. The van der Waals surface area contributed by atoms with Crippen molar-refractivity contribution in [1.29, 1.82) is 0 Å². The zero-order valence-corrected chi connectivity index (χ0v) is 19.9. The highest BCUT2D eigenvalue weighted by atomic mass is 32.2. The van der Waals surface area contributed by atoms with E-state index in [0.29, 0.717) is 10.8 Å². The smallest absolute Gasteiger partial charge is 0.234 e. The number of thioether (sulfide) groups is 1. The molecule has 4 aromatic rings. The number of hydrogen-bond donors (Lipinski definition) is 1. The molecule has 174 valence electrons. The lowest BCUT2D eigenvalue weighted by atomic mass is 9.98. The first-order chi connectivity index (χ1) is 16.3. The first-order valence-corrected chi connectivity index (χ1v) is 11.8. The van der Waals surface area contributed by atoms with Crippen LogP contribution in [0.25, 0.3) is 17.1 Å². The molecule has 0 aliphatic heterocycles. The van der Waals surface area contributed by atoms with Gasteiger partial charge in [-0.15, -0.1) is 10.2 Å². The van der Waals surface area contributed by atoms with Gasteiger partial charge in [-0.25, -0.2) is 8.78 Å². The summed E-state index contributed by atoms with van der Waals surface area (Å²) in [5.74, 6) is -0.434. The van der Waals surface area contributed by atoms with Gasteiger partial charge in [-0.3, -0.25) is 9.36 Å². The molecule has 0 aliphatic carbocycles. The molecule has 3 aromatic carbocycles. The Morgan fingerprint density at radius 3 is 2.44 bits per heavy atom. The molecule has 1 aromatic heterocycles. The van der Waals surface area contributed by atoms with E-state index in [2.05, 4.69) is 29.4 Å². The number of halogens is 2. The summed E-state index contributed by atoms with van der Waals surface area (Å²) in [7, 11) is 0. The quantitative estimate of drug-likeness (QED) is 0.313. The summed E-state index contributed by atoms with van der Waals surface area (Å²) in [6.07, 6.45) is 0. The molecule has 0 saturated heterocycles. The number of nitrogens with one attached hydrogen (secondary N) is 1. The summed E-state index contributed by atoms with van der Waals surface area (Å²) in [6, 6.07) is 17.9. The zero-order chi connectivity index (χ0) is 24.2. The van der Waals surface area contributed by atoms with Crippen LogP contribution in [0, 0.1) is 18.6 Å². The van der Waals surface area contributed by atoms with Gasteiger partial charge >= 0.3 is 0 Å². The molecule has 34 heavy (non-hydrogen) atoms. The number of nitrogens with zero attached hydrogens (tertiary/aromatic N) is 3. The summed E-state index contributed by atoms with van der Waals surface area (Å²) in [4.78, 5) is 12.8. The highest BCUT2D eigenvalue weighted by molar-refractivity contribution is 7.99. The van der Waals surface area contributed by atoms with E-state index in [9.17, 15) is 13.6 Å². The Hall–Kier alpha value is -3.52. The summed E-state index contributed by atoms with van der Waals surface area (Å²) in [5.41, 5.74) is 3.69. The molecule has 0 fully saturated rings. The van der Waals surface area contributed by atoms with Crippen LogP contribution in [0.4, 0.5) is 14.5 Å². The van der Waals surface area contributed by atoms with Crippen LogP contribution in [0.3, 0.4) is 0 Å². The number of anilines is 1. The monoisotopic (exact) mass is 478 g/mol. The SMILES string of the molecule is Cc1cccc(C(C)C)c1NC(=O)CSc1nnc(-c2ccccc2F)n1-c1ccc(F)cc1. The summed E-state index contributed by atoms with van der Waals surface area (Å²) >= 11 is 1.18. The van der Waals surface area contributed by atoms with Gasteiger partial charge in [0.2, 0.25) is 5.91 Å². The molecule has 0 saturated carbocycles. The van der Waals surface area contributed by atoms with Crippen LogP contribution in [0.5, 0.6) is 0 Å². The first kappa shape index (κ1) is 23.6. The summed E-state index contributed by atoms with van der Waals surface area (Å²) in [5, 5.41) is 11.8. The molecule has 8 heteroatoms. The van der Waals surface area contributed by atoms with E-state index in [0.717, 1.165) is 16.8 Å². The zero-order valence-electron chi connectivity index (χ0n) is 19.0. The van der Waals surface area contributed by atoms with Gasteiger partial charge in [0, 0.05) is 11.4 Å². The van der Waals surface area contributed by atoms with Crippen LogP contribution in [-0.4, -0.2) is 26.4 Å². The number of rotatable bonds is 7. The minimum Gasteiger partial charge on any atom is -0.325 e. The van der Waals surface area contributed by atoms with E-state index in [1.165, 1.54) is 30.0 Å². The fourth-order valence-corrected chi connectivity index (χ4v) is 4.40. The molecular weight excluding hydrogens is 454 g/mol. The summed E-state index contributed by atoms with van der Waals surface area (Å²) in [6.45, 7) is 6.11. The molecule has 1 amide bonds. The maximum atomic E-state index is 14.5. The summed E-state index contributed by atoms with van der Waals surface area (Å²) < 4.78 is 29.7. The van der Waals surface area contributed by atoms with Gasteiger partial charge < -0.3 is 5.32 Å². The molecule has 0 radical (unpaired) electrons. The molecule has 0 atom stereocenters. The van der Waals surface area contributed by atoms with Gasteiger partial charge in [0.1, 0.15) is 11.6 Å². The number of aromatic nitrogens is 3. The number of carbonyl (C=O) groups excluding carboxylic acids is 1. The number of hydrogen-bond acceptors (Lipinski definition) is 4. The lowest BCUT2D eigenvalue weighted by molar-refractivity contribution is -0.113. The minimum atomic E-state index is -0.451. The lowest BCUT2D eigenvalue weighted by Gasteiger charge is -2.16. The maximum absolute atomic E-state index is 14.5. The molecule has 1 N–H and O–H groups in total. The fraction of sp³-hybridized carbons (Fsp3) is 0.192. The standard InChI is InChI=1S/C26H24F2N4OS/c1-16(2)20-9-6-7-17(3)24(20)29-23(33)15-34-26-31-30-25(21-8-4-5-10-22(21)28)32(26)19-13-11-18(27)12-14-19/h4-14,16H,15H2,1-3H3,(H,29,33). The Balaban J connectivity index is 1.62. The molecule has 0 aliphatic rings. The second-order valence-corrected chi connectivity index (χ2v) is 9.07. The predicted molar refractivity (Wildman–Crippen MR) is 131 cm³/mol. The van der Waals surface area contributed by atoms with Crippen molar-refractivity contribution in [3.05, 3.63) is 89.5 Å². The van der Waals surface area contributed by atoms with Gasteiger partial charge in [0.25, 0.3) is 0 Å². The van der Waals surface area contributed by atoms with Crippen LogP contribution < -0.4 is 5.32 Å². The van der Waals surface area contributed by atoms with Gasteiger partial charge in [0.05, 0.1) is 11.3 Å². The third kappa shape index (κ3) is 5.02. The predicted octanol–water partition coefficient (Wildman–Crippen LogP) is 6.38. The van der Waals surface area contributed by atoms with Gasteiger partial charge in [0.15, 0.2) is 11.0 Å². The van der Waals surface area contributed by atoms with E-state index in [1.807, 2.05) is 25.1 Å². The Morgan fingerprint density at radius 2 is 1.74 bits per heavy atom. The van der Waals surface area contributed by atoms with Crippen molar-refractivity contribution >= 4 is 23.4 Å². The second-order valence-electron chi connectivity index (χ2n) is 8.13. The van der Waals surface area contributed by atoms with Gasteiger partial charge in [-0.1, -0.05) is 55.9 Å². The van der Waals surface area contributed by atoms with Gasteiger partial charge in [-0.05, 0) is 60.4 Å². The van der Waals surface area contributed by atoms with E-state index < -0.39 is 11.6 Å². The van der Waals surface area contributed by atoms with E-state index >= 15 is 0 Å². The molecule has 1 heterocycles. The number of benzene rings is 3. The minimum absolute atomic E-state index is 0.0719. The van der Waals surface area contributed by atoms with Crippen molar-refractivity contribution in [2.75, 3.05) is 11.1 Å². The van der Waals surface area contributed by atoms with Crippen molar-refractivity contribution in [1.82, 2.24) is 14.8 Å². The Morgan fingerprint density at radius 1 is 1.00 bits per heavy atom. The van der Waals surface area contributed by atoms with Crippen molar-refractivity contribution in [2.24, 2.45) is 0 Å². The molecule has 0 bridgehead atoms. The Labute approximate surface area is 201 Å². The molecular formula is C26H24F2N4OS. The van der Waals surface area contributed by atoms with Crippen molar-refractivity contribution < 1.29 is 13.6 Å². The van der Waals surface area contributed by atoms with E-state index in [1.54, 1.807) is 34.9 Å². The normalized spacial score (nSPS) is 11.1. The third-order valence-electron chi connectivity index (χ3n) is 5.36. The van der Waals surface area contributed by atoms with Crippen LogP contribution >= 0.6 is 11.8 Å². The molecule has 0 unspecified atom stereocenters. The first-order valence-electron chi connectivity index (χ1n) is 10.8. The average Bonchev–Trinajstić information content (AvgIpc) is 3.23. The third-order valence-corrected chi connectivity index (χ3v) is 6.29. The number of aryl methyl sites for hydroxylation is 1. The maximum Gasteiger partial charge on any atom is 0.234 e. The van der Waals surface area contributed by atoms with Crippen LogP contribution in [-0.2, 0) is 4.79 Å². The van der Waals surface area contributed by atoms with Crippen LogP contribution in [0.1, 0.15) is 30.9 Å². The number of amides is 1. The molecule has 5 nitrogen and oxygen atoms in total. The molecule has 4 rings (SSSR count). The van der Waals surface area contributed by atoms with E-state index in [4.69, 9.17) is 0 Å². The Bertz CT molecular complexity index is 1320. The average molecular weight is 479 g/mol. The second kappa shape index (κ2) is 10.2. The van der Waals surface area contributed by atoms with Crippen molar-refractivity contribution in [3.8, 4) is 17.1 Å². The Kier molecular flexibility index (Phi) is 7.07. The largest absolute Gasteiger partial charge is 0.325 e. The highest BCUT2D eigenvalue weighted by Crippen LogP contribution is 2.31. The molecule has 0 spiro atoms. The van der Waals surface area contributed by atoms with Crippen LogP contribution in [0.2, 0.25) is 0 Å². The topological polar surface area (TPSA) is 59.8 Å². The fourth-order valence-electron chi connectivity index (χ4n) is 3.65. The van der Waals surface area contributed by atoms with Gasteiger partial charge in [-0.2, -0.15) is 0 Å².